The molecule has 1 atom stereocenters. The van der Waals surface area contributed by atoms with E-state index in [0.717, 1.165) is 32.5 Å². The van der Waals surface area contributed by atoms with Crippen molar-refractivity contribution in [1.82, 2.24) is 9.21 Å². The van der Waals surface area contributed by atoms with Crippen molar-refractivity contribution in [3.8, 4) is 0 Å². The molecule has 0 aromatic carbocycles. The lowest BCUT2D eigenvalue weighted by molar-refractivity contribution is 0.294. The average molecular weight is 218 g/mol. The van der Waals surface area contributed by atoms with Crippen molar-refractivity contribution in [2.75, 3.05) is 39.5 Å². The van der Waals surface area contributed by atoms with E-state index in [1.165, 1.54) is 6.26 Å². The van der Waals surface area contributed by atoms with Crippen molar-refractivity contribution >= 4 is 10.0 Å². The number of hydrogen-bond acceptors (Lipinski definition) is 3. The van der Waals surface area contributed by atoms with Crippen molar-refractivity contribution in [1.29, 1.82) is 0 Å². The zero-order chi connectivity index (χ0) is 10.4. The van der Waals surface area contributed by atoms with Crippen molar-refractivity contribution in [3.63, 3.8) is 0 Å². The molecule has 2 aliphatic heterocycles. The van der Waals surface area contributed by atoms with Crippen LogP contribution in [0.25, 0.3) is 0 Å². The highest BCUT2D eigenvalue weighted by Crippen LogP contribution is 2.39. The molecule has 0 aromatic rings. The number of hydrogen-bond donors (Lipinski definition) is 0. The normalized spacial score (nSPS) is 35.9. The van der Waals surface area contributed by atoms with Crippen LogP contribution in [0.15, 0.2) is 0 Å². The standard InChI is InChI=1S/C9H18N2O2S/c1-10-5-3-9(7-10)4-6-11(8-9)14(2,12)13/h3-8H2,1-2H3. The molecular formula is C9H18N2O2S. The summed E-state index contributed by atoms with van der Waals surface area (Å²) in [5.74, 6) is 0. The van der Waals surface area contributed by atoms with Crippen molar-refractivity contribution in [2.45, 2.75) is 12.8 Å². The predicted molar refractivity (Wildman–Crippen MR) is 55.6 cm³/mol. The third kappa shape index (κ3) is 1.81. The fourth-order valence-electron chi connectivity index (χ4n) is 2.67. The summed E-state index contributed by atoms with van der Waals surface area (Å²) >= 11 is 0. The SMILES string of the molecule is CN1CCC2(CCN(S(C)(=O)=O)C2)C1. The second-order valence-electron chi connectivity index (χ2n) is 4.83. The third-order valence-electron chi connectivity index (χ3n) is 3.50. The maximum Gasteiger partial charge on any atom is 0.211 e. The van der Waals surface area contributed by atoms with Crippen LogP contribution in [0.3, 0.4) is 0 Å². The predicted octanol–water partition coefficient (Wildman–Crippen LogP) is -0.0264. The van der Waals surface area contributed by atoms with Crippen LogP contribution in [0.2, 0.25) is 0 Å². The van der Waals surface area contributed by atoms with Crippen LogP contribution in [0.5, 0.6) is 0 Å². The minimum Gasteiger partial charge on any atom is -0.306 e. The van der Waals surface area contributed by atoms with Gasteiger partial charge in [0.2, 0.25) is 10.0 Å². The fraction of sp³-hybridized carbons (Fsp3) is 1.00. The molecule has 0 radical (unpaired) electrons. The Morgan fingerprint density at radius 1 is 1.14 bits per heavy atom. The van der Waals surface area contributed by atoms with Gasteiger partial charge in [-0.25, -0.2) is 12.7 Å². The first-order valence-corrected chi connectivity index (χ1v) is 6.90. The van der Waals surface area contributed by atoms with Crippen molar-refractivity contribution in [2.24, 2.45) is 5.41 Å². The van der Waals surface area contributed by atoms with E-state index < -0.39 is 10.0 Å². The molecule has 0 amide bonds. The molecule has 2 saturated heterocycles. The van der Waals surface area contributed by atoms with Crippen LogP contribution >= 0.6 is 0 Å². The molecule has 2 heterocycles. The fourth-order valence-corrected chi connectivity index (χ4v) is 3.60. The molecular weight excluding hydrogens is 200 g/mol. The summed E-state index contributed by atoms with van der Waals surface area (Å²) in [5, 5.41) is 0. The van der Waals surface area contributed by atoms with Crippen LogP contribution in [0.4, 0.5) is 0 Å². The lowest BCUT2D eigenvalue weighted by atomic mass is 9.87. The van der Waals surface area contributed by atoms with Gasteiger partial charge in [0.1, 0.15) is 0 Å². The Balaban J connectivity index is 2.08. The molecule has 2 fully saturated rings. The Hall–Kier alpha value is -0.130. The minimum absolute atomic E-state index is 0.262. The number of rotatable bonds is 1. The Morgan fingerprint density at radius 2 is 1.79 bits per heavy atom. The summed E-state index contributed by atoms with van der Waals surface area (Å²) in [6.07, 6.45) is 3.49. The Labute approximate surface area is 85.9 Å². The third-order valence-corrected chi connectivity index (χ3v) is 4.75. The first-order chi connectivity index (χ1) is 6.41. The van der Waals surface area contributed by atoms with Gasteiger partial charge in [0.15, 0.2) is 0 Å². The molecule has 5 heteroatoms. The average Bonchev–Trinajstić information content (AvgIpc) is 2.59. The Kier molecular flexibility index (Phi) is 2.36. The molecule has 4 nitrogen and oxygen atoms in total. The smallest absolute Gasteiger partial charge is 0.211 e. The first-order valence-electron chi connectivity index (χ1n) is 5.05. The summed E-state index contributed by atoms with van der Waals surface area (Å²) in [6, 6.07) is 0. The maximum absolute atomic E-state index is 11.4. The highest BCUT2D eigenvalue weighted by atomic mass is 32.2. The topological polar surface area (TPSA) is 40.6 Å². The number of likely N-dealkylation sites (tertiary alicyclic amines) is 1. The van der Waals surface area contributed by atoms with Crippen molar-refractivity contribution in [3.05, 3.63) is 0 Å². The minimum atomic E-state index is -2.97. The van der Waals surface area contributed by atoms with Gasteiger partial charge >= 0.3 is 0 Å². The highest BCUT2D eigenvalue weighted by Gasteiger charge is 2.44. The molecule has 82 valence electrons. The quantitative estimate of drug-likeness (QED) is 0.621. The first kappa shape index (κ1) is 10.4. The highest BCUT2D eigenvalue weighted by molar-refractivity contribution is 7.88. The molecule has 2 rings (SSSR count). The lowest BCUT2D eigenvalue weighted by Gasteiger charge is -2.22. The second kappa shape index (κ2) is 3.18. The van der Waals surface area contributed by atoms with E-state index in [-0.39, 0.29) is 5.41 Å². The molecule has 0 bridgehead atoms. The molecule has 14 heavy (non-hydrogen) atoms. The van der Waals surface area contributed by atoms with E-state index >= 15 is 0 Å². The van der Waals surface area contributed by atoms with Gasteiger partial charge in [0.25, 0.3) is 0 Å². The zero-order valence-corrected chi connectivity index (χ0v) is 9.68. The molecule has 0 aromatic heterocycles. The van der Waals surface area contributed by atoms with E-state index in [9.17, 15) is 8.42 Å². The van der Waals surface area contributed by atoms with Crippen LogP contribution in [0.1, 0.15) is 12.8 Å². The summed E-state index contributed by atoms with van der Waals surface area (Å²) in [5.41, 5.74) is 0.262. The van der Waals surface area contributed by atoms with Gasteiger partial charge in [-0.15, -0.1) is 0 Å². The van der Waals surface area contributed by atoms with E-state index in [0.29, 0.717) is 6.54 Å². The number of nitrogens with zero attached hydrogens (tertiary/aromatic N) is 2. The van der Waals surface area contributed by atoms with Crippen LogP contribution < -0.4 is 0 Å². The number of sulfonamides is 1. The van der Waals surface area contributed by atoms with Crippen LogP contribution in [-0.2, 0) is 10.0 Å². The largest absolute Gasteiger partial charge is 0.306 e. The summed E-state index contributed by atoms with van der Waals surface area (Å²) < 4.78 is 24.4. The molecule has 0 N–H and O–H groups in total. The molecule has 0 aliphatic carbocycles. The molecule has 0 saturated carbocycles. The van der Waals surface area contributed by atoms with E-state index in [1.54, 1.807) is 4.31 Å². The molecule has 1 unspecified atom stereocenters. The summed E-state index contributed by atoms with van der Waals surface area (Å²) in [7, 11) is -0.860. The summed E-state index contributed by atoms with van der Waals surface area (Å²) in [6.45, 7) is 3.61. The van der Waals surface area contributed by atoms with Crippen LogP contribution in [-0.4, -0.2) is 57.1 Å². The second-order valence-corrected chi connectivity index (χ2v) is 6.82. The Bertz CT molecular complexity index is 328. The van der Waals surface area contributed by atoms with Gasteiger partial charge in [-0.1, -0.05) is 0 Å². The van der Waals surface area contributed by atoms with Gasteiger partial charge in [-0.2, -0.15) is 0 Å². The van der Waals surface area contributed by atoms with E-state index in [2.05, 4.69) is 11.9 Å². The molecule has 1 spiro atoms. The van der Waals surface area contributed by atoms with Gasteiger partial charge in [0.05, 0.1) is 6.26 Å². The van der Waals surface area contributed by atoms with Crippen molar-refractivity contribution < 1.29 is 8.42 Å². The van der Waals surface area contributed by atoms with Gasteiger partial charge in [0, 0.05) is 19.6 Å². The van der Waals surface area contributed by atoms with Gasteiger partial charge in [-0.05, 0) is 31.8 Å². The lowest BCUT2D eigenvalue weighted by Crippen LogP contribution is -2.32. The van der Waals surface area contributed by atoms with E-state index in [1.807, 2.05) is 0 Å². The monoisotopic (exact) mass is 218 g/mol. The van der Waals surface area contributed by atoms with Gasteiger partial charge < -0.3 is 4.90 Å². The van der Waals surface area contributed by atoms with E-state index in [4.69, 9.17) is 0 Å². The Morgan fingerprint density at radius 3 is 2.21 bits per heavy atom. The zero-order valence-electron chi connectivity index (χ0n) is 8.86. The van der Waals surface area contributed by atoms with Crippen LogP contribution in [0, 0.1) is 5.41 Å². The maximum atomic E-state index is 11.4. The summed E-state index contributed by atoms with van der Waals surface area (Å²) in [4.78, 5) is 2.30. The molecule has 2 aliphatic rings. The van der Waals surface area contributed by atoms with Gasteiger partial charge in [-0.3, -0.25) is 0 Å².